The Morgan fingerprint density at radius 2 is 1.39 bits per heavy atom. The van der Waals surface area contributed by atoms with Crippen LogP contribution in [0.2, 0.25) is 0 Å². The maximum absolute atomic E-state index is 5.57. The minimum atomic E-state index is 0.176. The predicted octanol–water partition coefficient (Wildman–Crippen LogP) is 5.24. The lowest BCUT2D eigenvalue weighted by Crippen LogP contribution is -2.16. The zero-order valence-electron chi connectivity index (χ0n) is 13.2. The van der Waals surface area contributed by atoms with Gasteiger partial charge in [-0.3, -0.25) is 0 Å². The average molecular weight is 248 g/mol. The first-order valence-electron chi connectivity index (χ1n) is 6.90. The molecule has 0 aliphatic carbocycles. The summed E-state index contributed by atoms with van der Waals surface area (Å²) in [4.78, 5) is 0. The normalized spacial score (nSPS) is 12.3. The van der Waals surface area contributed by atoms with Gasteiger partial charge in [-0.2, -0.15) is 0 Å². The van der Waals surface area contributed by atoms with E-state index in [9.17, 15) is 0 Å². The zero-order chi connectivity index (χ0) is 14.1. The lowest BCUT2D eigenvalue weighted by Gasteiger charge is -2.27. The fraction of sp³-hybridized carbons (Fsp3) is 0.647. The second-order valence-electron chi connectivity index (χ2n) is 6.74. The highest BCUT2D eigenvalue weighted by molar-refractivity contribution is 5.47. The van der Waals surface area contributed by atoms with E-state index in [1.54, 1.807) is 7.11 Å². The van der Waals surface area contributed by atoms with Crippen LogP contribution in [0.1, 0.15) is 77.0 Å². The van der Waals surface area contributed by atoms with Crippen molar-refractivity contribution in [2.45, 2.75) is 65.7 Å². The molecule has 102 valence electrons. The number of hydrogen-bond donors (Lipinski definition) is 0. The molecule has 0 radical (unpaired) electrons. The lowest BCUT2D eigenvalue weighted by atomic mass is 9.78. The van der Waals surface area contributed by atoms with E-state index >= 15 is 0 Å². The second-order valence-corrected chi connectivity index (χ2v) is 6.74. The van der Waals surface area contributed by atoms with Gasteiger partial charge in [0.25, 0.3) is 0 Å². The third-order valence-corrected chi connectivity index (χ3v) is 3.45. The minimum Gasteiger partial charge on any atom is -0.496 e. The first-order valence-corrected chi connectivity index (χ1v) is 6.90. The van der Waals surface area contributed by atoms with E-state index in [1.807, 2.05) is 0 Å². The van der Waals surface area contributed by atoms with Gasteiger partial charge in [0.15, 0.2) is 0 Å². The third kappa shape index (κ3) is 3.07. The van der Waals surface area contributed by atoms with Crippen LogP contribution in [0, 0.1) is 0 Å². The number of ether oxygens (including phenoxy) is 1. The van der Waals surface area contributed by atoms with Crippen molar-refractivity contribution in [2.75, 3.05) is 7.11 Å². The van der Waals surface area contributed by atoms with Gasteiger partial charge in [-0.1, -0.05) is 54.5 Å². The van der Waals surface area contributed by atoms with Crippen LogP contribution in [0.25, 0.3) is 0 Å². The van der Waals surface area contributed by atoms with Gasteiger partial charge >= 0.3 is 0 Å². The summed E-state index contributed by atoms with van der Waals surface area (Å²) in [5.74, 6) is 2.04. The maximum Gasteiger partial charge on any atom is 0.122 e. The number of hydrogen-bond acceptors (Lipinski definition) is 1. The Labute approximate surface area is 113 Å². The molecule has 0 bridgehead atoms. The van der Waals surface area contributed by atoms with Gasteiger partial charge in [-0.25, -0.2) is 0 Å². The fourth-order valence-corrected chi connectivity index (χ4v) is 2.37. The largest absolute Gasteiger partial charge is 0.496 e. The predicted molar refractivity (Wildman–Crippen MR) is 79.9 cm³/mol. The third-order valence-electron chi connectivity index (χ3n) is 3.45. The minimum absolute atomic E-state index is 0.176. The first-order chi connectivity index (χ1) is 8.18. The van der Waals surface area contributed by atoms with E-state index in [4.69, 9.17) is 4.74 Å². The molecule has 0 fully saturated rings. The van der Waals surface area contributed by atoms with E-state index in [1.165, 1.54) is 16.7 Å². The van der Waals surface area contributed by atoms with E-state index in [-0.39, 0.29) is 5.41 Å². The topological polar surface area (TPSA) is 9.23 Å². The van der Waals surface area contributed by atoms with Crippen molar-refractivity contribution in [3.05, 3.63) is 28.8 Å². The summed E-state index contributed by atoms with van der Waals surface area (Å²) in [5.41, 5.74) is 4.34. The van der Waals surface area contributed by atoms with Gasteiger partial charge in [0, 0.05) is 0 Å². The molecule has 0 unspecified atom stereocenters. The van der Waals surface area contributed by atoms with Gasteiger partial charge in [-0.15, -0.1) is 0 Å². The van der Waals surface area contributed by atoms with Crippen molar-refractivity contribution >= 4 is 0 Å². The Morgan fingerprint density at radius 3 is 1.72 bits per heavy atom. The summed E-state index contributed by atoms with van der Waals surface area (Å²) in [6.45, 7) is 15.8. The molecule has 1 aromatic carbocycles. The Kier molecular flexibility index (Phi) is 4.47. The van der Waals surface area contributed by atoms with Gasteiger partial charge < -0.3 is 4.74 Å². The van der Waals surface area contributed by atoms with Gasteiger partial charge in [0.1, 0.15) is 5.75 Å². The number of rotatable bonds is 3. The smallest absolute Gasteiger partial charge is 0.122 e. The van der Waals surface area contributed by atoms with Crippen LogP contribution < -0.4 is 4.74 Å². The molecule has 0 saturated heterocycles. The highest BCUT2D eigenvalue weighted by Crippen LogP contribution is 2.38. The summed E-state index contributed by atoms with van der Waals surface area (Å²) in [5, 5.41) is 0. The molecule has 0 atom stereocenters. The monoisotopic (exact) mass is 248 g/mol. The van der Waals surface area contributed by atoms with Crippen molar-refractivity contribution in [2.24, 2.45) is 0 Å². The molecule has 0 N–H and O–H groups in total. The fourth-order valence-electron chi connectivity index (χ4n) is 2.37. The summed E-state index contributed by atoms with van der Waals surface area (Å²) >= 11 is 0. The number of methoxy groups -OCH3 is 1. The molecule has 0 spiro atoms. The van der Waals surface area contributed by atoms with Crippen molar-refractivity contribution in [1.82, 2.24) is 0 Å². The Morgan fingerprint density at radius 1 is 0.889 bits per heavy atom. The molecule has 0 heterocycles. The summed E-state index contributed by atoms with van der Waals surface area (Å²) in [7, 11) is 1.77. The molecule has 1 heteroatoms. The molecule has 18 heavy (non-hydrogen) atoms. The van der Waals surface area contributed by atoms with Crippen LogP contribution in [0.3, 0.4) is 0 Å². The molecule has 0 amide bonds. The molecular weight excluding hydrogens is 220 g/mol. The van der Waals surface area contributed by atoms with Crippen molar-refractivity contribution in [3.63, 3.8) is 0 Å². The molecule has 0 saturated carbocycles. The molecule has 1 rings (SSSR count). The van der Waals surface area contributed by atoms with Gasteiger partial charge in [0.05, 0.1) is 7.11 Å². The maximum atomic E-state index is 5.57. The van der Waals surface area contributed by atoms with Gasteiger partial charge in [0.2, 0.25) is 0 Å². The molecule has 0 aliphatic heterocycles. The SMILES string of the molecule is COc1cc(C(C)C)c(C(C)(C)C)cc1C(C)C. The quantitative estimate of drug-likeness (QED) is 0.711. The van der Waals surface area contributed by atoms with Crippen LogP contribution in [-0.4, -0.2) is 7.11 Å². The highest BCUT2D eigenvalue weighted by atomic mass is 16.5. The lowest BCUT2D eigenvalue weighted by molar-refractivity contribution is 0.405. The standard InChI is InChI=1S/C17H28O/c1-11(2)13-10-16(18-8)14(12(3)4)9-15(13)17(5,6)7/h9-12H,1-8H3. The van der Waals surface area contributed by atoms with Crippen LogP contribution >= 0.6 is 0 Å². The zero-order valence-corrected chi connectivity index (χ0v) is 13.2. The Bertz CT molecular complexity index is 408. The van der Waals surface area contributed by atoms with Gasteiger partial charge in [-0.05, 0) is 40.0 Å². The van der Waals surface area contributed by atoms with Crippen molar-refractivity contribution in [1.29, 1.82) is 0 Å². The number of benzene rings is 1. The second kappa shape index (κ2) is 5.34. The van der Waals surface area contributed by atoms with Crippen molar-refractivity contribution < 1.29 is 4.74 Å². The highest BCUT2D eigenvalue weighted by Gasteiger charge is 2.22. The molecule has 0 aromatic heterocycles. The van der Waals surface area contributed by atoms with E-state index in [0.717, 1.165) is 5.75 Å². The van der Waals surface area contributed by atoms with Crippen LogP contribution in [0.5, 0.6) is 5.75 Å². The molecule has 1 aromatic rings. The Balaban J connectivity index is 3.53. The Hall–Kier alpha value is -0.980. The van der Waals surface area contributed by atoms with Crippen LogP contribution in [-0.2, 0) is 5.41 Å². The van der Waals surface area contributed by atoms with E-state index in [0.29, 0.717) is 11.8 Å². The van der Waals surface area contributed by atoms with Crippen LogP contribution in [0.15, 0.2) is 12.1 Å². The van der Waals surface area contributed by atoms with E-state index < -0.39 is 0 Å². The first kappa shape index (κ1) is 15.1. The molecular formula is C17H28O. The van der Waals surface area contributed by atoms with Crippen molar-refractivity contribution in [3.8, 4) is 5.75 Å². The van der Waals surface area contributed by atoms with Crippen LogP contribution in [0.4, 0.5) is 0 Å². The molecule has 0 aliphatic rings. The molecule has 1 nitrogen and oxygen atoms in total. The summed E-state index contributed by atoms with van der Waals surface area (Å²) < 4.78 is 5.57. The summed E-state index contributed by atoms with van der Waals surface area (Å²) in [6, 6.07) is 4.58. The average Bonchev–Trinajstić information content (AvgIpc) is 2.25. The summed E-state index contributed by atoms with van der Waals surface area (Å²) in [6.07, 6.45) is 0. The van der Waals surface area contributed by atoms with E-state index in [2.05, 4.69) is 60.6 Å².